The van der Waals surface area contributed by atoms with E-state index in [2.05, 4.69) is 39.5 Å². The van der Waals surface area contributed by atoms with E-state index >= 15 is 0 Å². The van der Waals surface area contributed by atoms with E-state index < -0.39 is 5.91 Å². The standard InChI is InChI=1S/C23H27N5O2S/c1-16(19-10-11-20(31-19)17-8-4-2-5-9-17)26-18-14-25-23(27-12-6-3-7-13-27)28(22(18)30)15-21(24)29/h2,4-5,8-11,14,16,26H,3,6-7,12-13,15H2,1H3,(H2,24,29). The molecule has 8 heteroatoms. The van der Waals surface area contributed by atoms with Gasteiger partial charge in [0.1, 0.15) is 12.2 Å². The largest absolute Gasteiger partial charge is 0.372 e. The number of nitrogens with zero attached hydrogens (tertiary/aromatic N) is 3. The van der Waals surface area contributed by atoms with Crippen molar-refractivity contribution in [1.82, 2.24) is 9.55 Å². The van der Waals surface area contributed by atoms with Crippen molar-refractivity contribution in [3.63, 3.8) is 0 Å². The van der Waals surface area contributed by atoms with Gasteiger partial charge in [-0.05, 0) is 43.9 Å². The van der Waals surface area contributed by atoms with E-state index in [1.807, 2.05) is 25.1 Å². The summed E-state index contributed by atoms with van der Waals surface area (Å²) in [7, 11) is 0. The highest BCUT2D eigenvalue weighted by Crippen LogP contribution is 2.32. The molecule has 0 saturated carbocycles. The topological polar surface area (TPSA) is 93.2 Å². The van der Waals surface area contributed by atoms with E-state index in [-0.39, 0.29) is 18.1 Å². The molecule has 0 bridgehead atoms. The third-order valence-electron chi connectivity index (χ3n) is 5.46. The summed E-state index contributed by atoms with van der Waals surface area (Å²) >= 11 is 1.69. The molecule has 3 aromatic rings. The van der Waals surface area contributed by atoms with E-state index in [0.717, 1.165) is 30.8 Å². The molecule has 1 amide bonds. The predicted octanol–water partition coefficient (Wildman–Crippen LogP) is 3.62. The summed E-state index contributed by atoms with van der Waals surface area (Å²) in [4.78, 5) is 33.7. The molecule has 1 saturated heterocycles. The highest BCUT2D eigenvalue weighted by atomic mass is 32.1. The van der Waals surface area contributed by atoms with Gasteiger partial charge < -0.3 is 16.0 Å². The molecule has 31 heavy (non-hydrogen) atoms. The summed E-state index contributed by atoms with van der Waals surface area (Å²) < 4.78 is 1.40. The van der Waals surface area contributed by atoms with Crippen LogP contribution in [0.2, 0.25) is 0 Å². The molecule has 0 radical (unpaired) electrons. The number of aromatic nitrogens is 2. The van der Waals surface area contributed by atoms with Crippen LogP contribution in [0.3, 0.4) is 0 Å². The molecule has 4 rings (SSSR count). The maximum Gasteiger partial charge on any atom is 0.278 e. The zero-order chi connectivity index (χ0) is 21.8. The first kappa shape index (κ1) is 21.1. The van der Waals surface area contributed by atoms with E-state index in [0.29, 0.717) is 11.6 Å². The Hall–Kier alpha value is -3.13. The number of amides is 1. The Labute approximate surface area is 185 Å². The summed E-state index contributed by atoms with van der Waals surface area (Å²) in [6.45, 7) is 3.48. The van der Waals surface area contributed by atoms with Crippen LogP contribution < -0.4 is 21.5 Å². The fourth-order valence-electron chi connectivity index (χ4n) is 3.87. The average Bonchev–Trinajstić information content (AvgIpc) is 3.28. The molecule has 0 aliphatic carbocycles. The number of carbonyl (C=O) groups is 1. The fraction of sp³-hybridized carbons (Fsp3) is 0.348. The summed E-state index contributed by atoms with van der Waals surface area (Å²) in [5.41, 5.74) is 6.69. The third-order valence-corrected chi connectivity index (χ3v) is 6.78. The van der Waals surface area contributed by atoms with Gasteiger partial charge in [-0.1, -0.05) is 30.3 Å². The van der Waals surface area contributed by atoms with E-state index in [4.69, 9.17) is 5.73 Å². The molecule has 1 aliphatic heterocycles. The molecule has 1 unspecified atom stereocenters. The predicted molar refractivity (Wildman–Crippen MR) is 126 cm³/mol. The van der Waals surface area contributed by atoms with Gasteiger partial charge in [0, 0.05) is 22.8 Å². The molecule has 1 aliphatic rings. The molecule has 7 nitrogen and oxygen atoms in total. The maximum absolute atomic E-state index is 13.2. The number of hydrogen-bond donors (Lipinski definition) is 2. The molecule has 0 spiro atoms. The highest BCUT2D eigenvalue weighted by molar-refractivity contribution is 7.15. The van der Waals surface area contributed by atoms with Crippen molar-refractivity contribution in [2.45, 2.75) is 38.8 Å². The first-order valence-electron chi connectivity index (χ1n) is 10.6. The number of carbonyl (C=O) groups excluding carboxylic acids is 1. The minimum absolute atomic E-state index is 0.0835. The van der Waals surface area contributed by atoms with E-state index in [1.165, 1.54) is 21.4 Å². The Kier molecular flexibility index (Phi) is 6.36. The van der Waals surface area contributed by atoms with Crippen molar-refractivity contribution in [2.24, 2.45) is 5.73 Å². The lowest BCUT2D eigenvalue weighted by molar-refractivity contribution is -0.118. The minimum atomic E-state index is -0.557. The summed E-state index contributed by atoms with van der Waals surface area (Å²) in [6.07, 6.45) is 4.84. The molecule has 1 atom stereocenters. The van der Waals surface area contributed by atoms with Crippen LogP contribution in [0.25, 0.3) is 10.4 Å². The van der Waals surface area contributed by atoms with E-state index in [1.54, 1.807) is 17.5 Å². The summed E-state index contributed by atoms with van der Waals surface area (Å²) in [5, 5.41) is 3.28. The van der Waals surface area contributed by atoms with Crippen molar-refractivity contribution >= 4 is 28.9 Å². The van der Waals surface area contributed by atoms with Gasteiger partial charge in [0.05, 0.1) is 12.2 Å². The van der Waals surface area contributed by atoms with Gasteiger partial charge >= 0.3 is 0 Å². The van der Waals surface area contributed by atoms with Crippen LogP contribution in [0.15, 0.2) is 53.5 Å². The first-order valence-corrected chi connectivity index (χ1v) is 11.4. The molecular weight excluding hydrogens is 410 g/mol. The molecule has 1 fully saturated rings. The lowest BCUT2D eigenvalue weighted by Gasteiger charge is -2.29. The number of nitrogens with two attached hydrogens (primary N) is 1. The SMILES string of the molecule is CC(Nc1cnc(N2CCCCC2)n(CC(N)=O)c1=O)c1ccc(-c2ccccc2)s1. The molecule has 2 aromatic heterocycles. The number of thiophene rings is 1. The number of primary amides is 1. The van der Waals surface area contributed by atoms with Crippen molar-refractivity contribution < 1.29 is 4.79 Å². The van der Waals surface area contributed by atoms with Gasteiger partial charge in [0.25, 0.3) is 5.56 Å². The quantitative estimate of drug-likeness (QED) is 0.589. The van der Waals surface area contributed by atoms with Crippen LogP contribution in [-0.2, 0) is 11.3 Å². The number of nitrogens with one attached hydrogen (secondary N) is 1. The molecule has 3 N–H and O–H groups in total. The Morgan fingerprint density at radius 3 is 2.61 bits per heavy atom. The average molecular weight is 438 g/mol. The maximum atomic E-state index is 13.2. The zero-order valence-electron chi connectivity index (χ0n) is 17.6. The van der Waals surface area contributed by atoms with Crippen LogP contribution in [0.4, 0.5) is 11.6 Å². The van der Waals surface area contributed by atoms with Gasteiger partial charge in [-0.15, -0.1) is 11.3 Å². The number of benzene rings is 1. The number of hydrogen-bond acceptors (Lipinski definition) is 6. The highest BCUT2D eigenvalue weighted by Gasteiger charge is 2.20. The van der Waals surface area contributed by atoms with Gasteiger partial charge in [-0.25, -0.2) is 4.98 Å². The van der Waals surface area contributed by atoms with Gasteiger partial charge in [-0.2, -0.15) is 0 Å². The van der Waals surface area contributed by atoms with Crippen LogP contribution in [0.5, 0.6) is 0 Å². The zero-order valence-corrected chi connectivity index (χ0v) is 18.4. The molecule has 3 heterocycles. The molecular formula is C23H27N5O2S. The second kappa shape index (κ2) is 9.34. The lowest BCUT2D eigenvalue weighted by atomic mass is 10.1. The van der Waals surface area contributed by atoms with E-state index in [9.17, 15) is 9.59 Å². The summed E-state index contributed by atoms with van der Waals surface area (Å²) in [5.74, 6) is -0.0395. The lowest BCUT2D eigenvalue weighted by Crippen LogP contribution is -2.39. The van der Waals surface area contributed by atoms with Crippen molar-refractivity contribution in [2.75, 3.05) is 23.3 Å². The van der Waals surface area contributed by atoms with Crippen LogP contribution in [0, 0.1) is 0 Å². The smallest absolute Gasteiger partial charge is 0.278 e. The second-order valence-electron chi connectivity index (χ2n) is 7.81. The Morgan fingerprint density at radius 2 is 1.90 bits per heavy atom. The fourth-order valence-corrected chi connectivity index (χ4v) is 4.89. The summed E-state index contributed by atoms with van der Waals surface area (Å²) in [6, 6.07) is 14.3. The molecule has 1 aromatic carbocycles. The van der Waals surface area contributed by atoms with Crippen molar-refractivity contribution in [3.8, 4) is 10.4 Å². The first-order chi connectivity index (χ1) is 15.0. The Morgan fingerprint density at radius 1 is 1.16 bits per heavy atom. The van der Waals surface area contributed by atoms with Crippen LogP contribution in [-0.4, -0.2) is 28.5 Å². The van der Waals surface area contributed by atoms with Gasteiger partial charge in [0.15, 0.2) is 0 Å². The second-order valence-corrected chi connectivity index (χ2v) is 8.93. The number of piperidine rings is 1. The Bertz CT molecular complexity index is 1100. The van der Waals surface area contributed by atoms with Crippen LogP contribution >= 0.6 is 11.3 Å². The third kappa shape index (κ3) is 4.80. The number of rotatable bonds is 7. The Balaban J connectivity index is 1.58. The van der Waals surface area contributed by atoms with Gasteiger partial charge in [0.2, 0.25) is 11.9 Å². The van der Waals surface area contributed by atoms with Crippen LogP contribution in [0.1, 0.15) is 37.1 Å². The number of anilines is 2. The molecule has 162 valence electrons. The minimum Gasteiger partial charge on any atom is -0.372 e. The van der Waals surface area contributed by atoms with Gasteiger partial charge in [-0.3, -0.25) is 14.2 Å². The van der Waals surface area contributed by atoms with Crippen molar-refractivity contribution in [3.05, 3.63) is 63.9 Å². The monoisotopic (exact) mass is 437 g/mol. The van der Waals surface area contributed by atoms with Crippen molar-refractivity contribution in [1.29, 1.82) is 0 Å². The normalized spacial score (nSPS) is 14.9.